The molecule has 19 heavy (non-hydrogen) atoms. The maximum atomic E-state index is 13.6. The molecule has 0 amide bonds. The normalized spacial score (nSPS) is 11.2. The van der Waals surface area contributed by atoms with E-state index in [0.717, 1.165) is 10.4 Å². The summed E-state index contributed by atoms with van der Waals surface area (Å²) in [7, 11) is -2.53. The monoisotopic (exact) mass is 287 g/mol. The van der Waals surface area contributed by atoms with Gasteiger partial charge in [-0.05, 0) is 18.2 Å². The number of halogens is 1. The Morgan fingerprint density at radius 2 is 2.05 bits per heavy atom. The number of likely N-dealkylation sites (N-methyl/N-ethyl adjacent to an activating group) is 1. The van der Waals surface area contributed by atoms with E-state index < -0.39 is 22.4 Å². The number of nitrogens with zero attached hydrogens (tertiary/aromatic N) is 1. The third kappa shape index (κ3) is 3.75. The van der Waals surface area contributed by atoms with Crippen molar-refractivity contribution in [3.8, 4) is 11.8 Å². The zero-order valence-corrected chi connectivity index (χ0v) is 11.1. The second kappa shape index (κ2) is 6.63. The highest BCUT2D eigenvalue weighted by molar-refractivity contribution is 7.89. The van der Waals surface area contributed by atoms with Crippen molar-refractivity contribution in [2.45, 2.75) is 4.90 Å². The lowest BCUT2D eigenvalue weighted by molar-refractivity contribution is 0.266. The minimum atomic E-state index is -3.83. The van der Waals surface area contributed by atoms with Crippen LogP contribution >= 0.6 is 0 Å². The fraction of sp³-hybridized carbons (Fsp3) is 0.333. The van der Waals surface area contributed by atoms with Gasteiger partial charge in [0, 0.05) is 13.6 Å². The van der Waals surface area contributed by atoms with Gasteiger partial charge in [-0.3, -0.25) is 0 Å². The lowest BCUT2D eigenvalue weighted by Crippen LogP contribution is -2.29. The molecule has 1 rings (SSSR count). The van der Waals surface area contributed by atoms with Crippen LogP contribution in [0.2, 0.25) is 0 Å². The number of aliphatic hydroxyl groups is 2. The highest BCUT2D eigenvalue weighted by Gasteiger charge is 2.21. The predicted molar refractivity (Wildman–Crippen MR) is 67.3 cm³/mol. The summed E-state index contributed by atoms with van der Waals surface area (Å²) in [5.41, 5.74) is 0.0119. The molecule has 0 spiro atoms. The Kier molecular flexibility index (Phi) is 5.44. The van der Waals surface area contributed by atoms with Crippen molar-refractivity contribution in [1.29, 1.82) is 0 Å². The Balaban J connectivity index is 3.14. The van der Waals surface area contributed by atoms with E-state index in [-0.39, 0.29) is 23.6 Å². The molecule has 2 N–H and O–H groups in total. The molecule has 0 aliphatic heterocycles. The van der Waals surface area contributed by atoms with Gasteiger partial charge >= 0.3 is 0 Å². The molecule has 7 heteroatoms. The lowest BCUT2D eigenvalue weighted by Gasteiger charge is -2.15. The molecule has 0 aliphatic carbocycles. The van der Waals surface area contributed by atoms with Gasteiger partial charge in [-0.2, -0.15) is 4.31 Å². The van der Waals surface area contributed by atoms with Gasteiger partial charge < -0.3 is 10.2 Å². The van der Waals surface area contributed by atoms with Gasteiger partial charge in [-0.1, -0.05) is 11.8 Å². The summed E-state index contributed by atoms with van der Waals surface area (Å²) in [5.74, 6) is 3.87. The van der Waals surface area contributed by atoms with Crippen molar-refractivity contribution in [1.82, 2.24) is 4.31 Å². The molecule has 0 unspecified atom stereocenters. The van der Waals surface area contributed by atoms with Gasteiger partial charge in [0.1, 0.15) is 12.4 Å². The van der Waals surface area contributed by atoms with Crippen LogP contribution in [0.1, 0.15) is 5.56 Å². The van der Waals surface area contributed by atoms with Crippen LogP contribution in [0.4, 0.5) is 4.39 Å². The molecule has 0 aliphatic rings. The largest absolute Gasteiger partial charge is 0.395 e. The van der Waals surface area contributed by atoms with Crippen LogP contribution in [-0.4, -0.2) is 49.7 Å². The van der Waals surface area contributed by atoms with E-state index in [9.17, 15) is 12.8 Å². The fourth-order valence-electron chi connectivity index (χ4n) is 1.33. The molecule has 0 saturated carbocycles. The van der Waals surface area contributed by atoms with Crippen LogP contribution in [-0.2, 0) is 10.0 Å². The molecule has 0 heterocycles. The molecule has 1 aromatic rings. The van der Waals surface area contributed by atoms with Gasteiger partial charge in [-0.15, -0.1) is 0 Å². The molecule has 0 fully saturated rings. The minimum Gasteiger partial charge on any atom is -0.395 e. The molecule has 0 atom stereocenters. The average molecular weight is 287 g/mol. The topological polar surface area (TPSA) is 77.8 Å². The van der Waals surface area contributed by atoms with Crippen LogP contribution in [0.5, 0.6) is 0 Å². The summed E-state index contributed by atoms with van der Waals surface area (Å²) in [4.78, 5) is -0.213. The van der Waals surface area contributed by atoms with E-state index in [1.807, 2.05) is 0 Å². The average Bonchev–Trinajstić information content (AvgIpc) is 2.37. The number of hydrogen-bond acceptors (Lipinski definition) is 4. The Hall–Kier alpha value is -1.46. The molecule has 0 radical (unpaired) electrons. The van der Waals surface area contributed by atoms with Crippen LogP contribution in [0, 0.1) is 17.7 Å². The van der Waals surface area contributed by atoms with Gasteiger partial charge in [0.25, 0.3) is 0 Å². The minimum absolute atomic E-state index is 0.0119. The number of benzene rings is 1. The summed E-state index contributed by atoms with van der Waals surface area (Å²) in [6.07, 6.45) is 0. The summed E-state index contributed by atoms with van der Waals surface area (Å²) >= 11 is 0. The van der Waals surface area contributed by atoms with Crippen LogP contribution in [0.15, 0.2) is 23.1 Å². The van der Waals surface area contributed by atoms with E-state index in [2.05, 4.69) is 11.8 Å². The standard InChI is InChI=1S/C12H14FNO4S/c1-14(6-8-16)19(17,18)11-5-4-10(3-2-7-15)12(13)9-11/h4-5,9,15-16H,6-8H2,1H3. The zero-order valence-electron chi connectivity index (χ0n) is 10.3. The van der Waals surface area contributed by atoms with Crippen molar-refractivity contribution in [2.24, 2.45) is 0 Å². The Bertz CT molecular complexity index is 604. The SMILES string of the molecule is CN(CCO)S(=O)(=O)c1ccc(C#CCO)c(F)c1. The first-order chi connectivity index (χ1) is 8.93. The van der Waals surface area contributed by atoms with Crippen molar-refractivity contribution >= 4 is 10.0 Å². The van der Waals surface area contributed by atoms with Gasteiger partial charge in [0.2, 0.25) is 10.0 Å². The molecular formula is C12H14FNO4S. The maximum absolute atomic E-state index is 13.6. The first kappa shape index (κ1) is 15.6. The number of hydrogen-bond donors (Lipinski definition) is 2. The van der Waals surface area contributed by atoms with E-state index in [1.54, 1.807) is 0 Å². The second-order valence-corrected chi connectivity index (χ2v) is 5.70. The third-order valence-electron chi connectivity index (χ3n) is 2.37. The third-order valence-corrected chi connectivity index (χ3v) is 4.22. The number of aliphatic hydroxyl groups excluding tert-OH is 2. The molecule has 0 bridgehead atoms. The van der Waals surface area contributed by atoms with Gasteiger partial charge in [-0.25, -0.2) is 12.8 Å². The fourth-order valence-corrected chi connectivity index (χ4v) is 2.51. The summed E-state index contributed by atoms with van der Waals surface area (Å²) in [6, 6.07) is 3.33. The molecule has 5 nitrogen and oxygen atoms in total. The smallest absolute Gasteiger partial charge is 0.242 e. The summed E-state index contributed by atoms with van der Waals surface area (Å²) < 4.78 is 38.5. The quantitative estimate of drug-likeness (QED) is 0.751. The molecule has 0 saturated heterocycles. The molecule has 104 valence electrons. The van der Waals surface area contributed by atoms with Crippen molar-refractivity contribution in [3.63, 3.8) is 0 Å². The Labute approximate surface area is 111 Å². The maximum Gasteiger partial charge on any atom is 0.242 e. The molecule has 1 aromatic carbocycles. The van der Waals surface area contributed by atoms with Crippen LogP contribution < -0.4 is 0 Å². The van der Waals surface area contributed by atoms with Crippen LogP contribution in [0.3, 0.4) is 0 Å². The van der Waals surface area contributed by atoms with Crippen molar-refractivity contribution < 1.29 is 23.0 Å². The zero-order chi connectivity index (χ0) is 14.5. The van der Waals surface area contributed by atoms with E-state index in [4.69, 9.17) is 10.2 Å². The highest BCUT2D eigenvalue weighted by atomic mass is 32.2. The van der Waals surface area contributed by atoms with Crippen molar-refractivity contribution in [2.75, 3.05) is 26.8 Å². The second-order valence-electron chi connectivity index (χ2n) is 3.65. The first-order valence-corrected chi connectivity index (χ1v) is 6.84. The molecule has 0 aromatic heterocycles. The number of rotatable bonds is 4. The molecular weight excluding hydrogens is 273 g/mol. The first-order valence-electron chi connectivity index (χ1n) is 5.40. The Morgan fingerprint density at radius 3 is 2.58 bits per heavy atom. The van der Waals surface area contributed by atoms with Gasteiger partial charge in [0.15, 0.2) is 0 Å². The Morgan fingerprint density at radius 1 is 1.37 bits per heavy atom. The predicted octanol–water partition coefficient (Wildman–Crippen LogP) is -0.218. The summed E-state index contributed by atoms with van der Waals surface area (Å²) in [6.45, 7) is -0.799. The van der Waals surface area contributed by atoms with E-state index >= 15 is 0 Å². The van der Waals surface area contributed by atoms with Crippen LogP contribution in [0.25, 0.3) is 0 Å². The van der Waals surface area contributed by atoms with E-state index in [1.165, 1.54) is 19.2 Å². The lowest BCUT2D eigenvalue weighted by atomic mass is 10.2. The highest BCUT2D eigenvalue weighted by Crippen LogP contribution is 2.17. The summed E-state index contributed by atoms with van der Waals surface area (Å²) in [5, 5.41) is 17.2. The van der Waals surface area contributed by atoms with Gasteiger partial charge in [0.05, 0.1) is 17.1 Å². The van der Waals surface area contributed by atoms with Crippen molar-refractivity contribution in [3.05, 3.63) is 29.6 Å². The van der Waals surface area contributed by atoms with E-state index in [0.29, 0.717) is 0 Å². The number of sulfonamides is 1.